The maximum Gasteiger partial charge on any atom is 0.415 e. The van der Waals surface area contributed by atoms with Gasteiger partial charge >= 0.3 is 6.09 Å². The molecule has 2 amide bonds. The first-order valence-electron chi connectivity index (χ1n) is 9.19. The zero-order valence-corrected chi connectivity index (χ0v) is 15.6. The van der Waals surface area contributed by atoms with Crippen molar-refractivity contribution >= 4 is 12.0 Å². The van der Waals surface area contributed by atoms with Crippen LogP contribution in [0.5, 0.6) is 5.75 Å². The largest absolute Gasteiger partial charge is 0.415 e. The molecule has 1 heterocycles. The predicted octanol–water partition coefficient (Wildman–Crippen LogP) is 3.91. The molecule has 2 aromatic rings. The fourth-order valence-electron chi connectivity index (χ4n) is 3.12. The number of hydrogen-bond donors (Lipinski definition) is 1. The van der Waals surface area contributed by atoms with Gasteiger partial charge in [-0.25, -0.2) is 13.6 Å². The first-order valence-corrected chi connectivity index (χ1v) is 9.19. The highest BCUT2D eigenvalue weighted by molar-refractivity contribution is 5.94. The lowest BCUT2D eigenvalue weighted by Gasteiger charge is -2.31. The van der Waals surface area contributed by atoms with E-state index in [0.29, 0.717) is 30.8 Å². The lowest BCUT2D eigenvalue weighted by atomic mass is 9.97. The third-order valence-corrected chi connectivity index (χ3v) is 4.95. The summed E-state index contributed by atoms with van der Waals surface area (Å²) in [6, 6.07) is 9.77. The second kappa shape index (κ2) is 8.82. The van der Waals surface area contributed by atoms with Gasteiger partial charge in [0.15, 0.2) is 0 Å². The summed E-state index contributed by atoms with van der Waals surface area (Å²) < 4.78 is 31.8. The van der Waals surface area contributed by atoms with Crippen LogP contribution in [0.25, 0.3) is 0 Å². The van der Waals surface area contributed by atoms with Crippen LogP contribution >= 0.6 is 0 Å². The van der Waals surface area contributed by atoms with Gasteiger partial charge in [0.25, 0.3) is 5.91 Å². The lowest BCUT2D eigenvalue weighted by Crippen LogP contribution is -2.42. The van der Waals surface area contributed by atoms with Crippen LogP contribution in [0.2, 0.25) is 0 Å². The molecule has 28 heavy (non-hydrogen) atoms. The standard InChI is InChI=1S/C21H22F2N2O3/c1-14-18(23)3-2-4-19(14)28-21(27)25-11-9-15(10-12-25)13-24-20(26)16-5-7-17(22)8-6-16/h2-8,15H,9-13H2,1H3,(H,24,26). The number of likely N-dealkylation sites (tertiary alicyclic amines) is 1. The molecular formula is C21H22F2N2O3. The number of amides is 2. The molecule has 0 aliphatic carbocycles. The van der Waals surface area contributed by atoms with Gasteiger partial charge in [0.1, 0.15) is 17.4 Å². The van der Waals surface area contributed by atoms with E-state index < -0.39 is 11.9 Å². The highest BCUT2D eigenvalue weighted by atomic mass is 19.1. The summed E-state index contributed by atoms with van der Waals surface area (Å²) in [5.41, 5.74) is 0.710. The molecule has 0 radical (unpaired) electrons. The van der Waals surface area contributed by atoms with Gasteiger partial charge < -0.3 is 15.0 Å². The van der Waals surface area contributed by atoms with Crippen molar-refractivity contribution in [1.82, 2.24) is 10.2 Å². The van der Waals surface area contributed by atoms with E-state index in [1.165, 1.54) is 36.4 Å². The molecule has 148 valence electrons. The molecule has 0 unspecified atom stereocenters. The maximum atomic E-state index is 13.6. The molecule has 0 bridgehead atoms. The number of nitrogens with zero attached hydrogens (tertiary/aromatic N) is 1. The monoisotopic (exact) mass is 388 g/mol. The van der Waals surface area contributed by atoms with E-state index in [1.807, 2.05) is 0 Å². The van der Waals surface area contributed by atoms with Crippen LogP contribution in [-0.2, 0) is 0 Å². The minimum Gasteiger partial charge on any atom is -0.410 e. The molecule has 0 aromatic heterocycles. The van der Waals surface area contributed by atoms with E-state index in [1.54, 1.807) is 17.9 Å². The number of carbonyl (C=O) groups is 2. The van der Waals surface area contributed by atoms with Crippen molar-refractivity contribution in [3.05, 3.63) is 65.2 Å². The number of benzene rings is 2. The topological polar surface area (TPSA) is 58.6 Å². The molecule has 3 rings (SSSR count). The summed E-state index contributed by atoms with van der Waals surface area (Å²) in [6.45, 7) is 3.06. The number of piperidine rings is 1. The van der Waals surface area contributed by atoms with Crippen molar-refractivity contribution in [3.63, 3.8) is 0 Å². The Labute approximate surface area is 162 Å². The maximum absolute atomic E-state index is 13.6. The first kappa shape index (κ1) is 19.8. The first-order chi connectivity index (χ1) is 13.4. The molecular weight excluding hydrogens is 366 g/mol. The molecule has 1 saturated heterocycles. The Morgan fingerprint density at radius 2 is 1.79 bits per heavy atom. The molecule has 0 spiro atoms. The highest BCUT2D eigenvalue weighted by Gasteiger charge is 2.25. The van der Waals surface area contributed by atoms with E-state index in [0.717, 1.165) is 12.8 Å². The molecule has 1 fully saturated rings. The van der Waals surface area contributed by atoms with Crippen LogP contribution in [0.1, 0.15) is 28.8 Å². The van der Waals surface area contributed by atoms with Crippen molar-refractivity contribution in [2.75, 3.05) is 19.6 Å². The summed E-state index contributed by atoms with van der Waals surface area (Å²) in [4.78, 5) is 26.0. The van der Waals surface area contributed by atoms with Crippen molar-refractivity contribution in [2.24, 2.45) is 5.92 Å². The summed E-state index contributed by atoms with van der Waals surface area (Å²) in [5, 5.41) is 2.85. The van der Waals surface area contributed by atoms with Crippen LogP contribution in [0.4, 0.5) is 13.6 Å². The van der Waals surface area contributed by atoms with Gasteiger partial charge in [-0.05, 0) is 62.1 Å². The summed E-state index contributed by atoms with van der Waals surface area (Å²) >= 11 is 0. The van der Waals surface area contributed by atoms with Gasteiger partial charge in [-0.15, -0.1) is 0 Å². The minimum atomic E-state index is -0.498. The van der Waals surface area contributed by atoms with Crippen LogP contribution in [0, 0.1) is 24.5 Å². The minimum absolute atomic E-state index is 0.221. The predicted molar refractivity (Wildman–Crippen MR) is 100 cm³/mol. The Morgan fingerprint density at radius 3 is 2.46 bits per heavy atom. The quantitative estimate of drug-likeness (QED) is 0.864. The number of rotatable bonds is 4. The number of hydrogen-bond acceptors (Lipinski definition) is 3. The molecule has 0 saturated carbocycles. The van der Waals surface area contributed by atoms with E-state index >= 15 is 0 Å². The van der Waals surface area contributed by atoms with Gasteiger partial charge in [0.2, 0.25) is 0 Å². The Kier molecular flexibility index (Phi) is 6.23. The summed E-state index contributed by atoms with van der Waals surface area (Å²) in [5.74, 6) is -0.586. The van der Waals surface area contributed by atoms with Crippen molar-refractivity contribution < 1.29 is 23.1 Å². The number of halogens is 2. The van der Waals surface area contributed by atoms with Gasteiger partial charge in [-0.2, -0.15) is 0 Å². The van der Waals surface area contributed by atoms with Crippen LogP contribution in [0.3, 0.4) is 0 Å². The van der Waals surface area contributed by atoms with Crippen molar-refractivity contribution in [2.45, 2.75) is 19.8 Å². The van der Waals surface area contributed by atoms with Gasteiger partial charge in [-0.3, -0.25) is 4.79 Å². The molecule has 1 aliphatic heterocycles. The van der Waals surface area contributed by atoms with E-state index in [9.17, 15) is 18.4 Å². The molecule has 5 nitrogen and oxygen atoms in total. The molecule has 1 N–H and O–H groups in total. The molecule has 7 heteroatoms. The van der Waals surface area contributed by atoms with E-state index in [2.05, 4.69) is 5.32 Å². The summed E-state index contributed by atoms with van der Waals surface area (Å²) in [6.07, 6.45) is 0.949. The Morgan fingerprint density at radius 1 is 1.11 bits per heavy atom. The lowest BCUT2D eigenvalue weighted by molar-refractivity contribution is 0.0931. The van der Waals surface area contributed by atoms with Crippen molar-refractivity contribution in [3.8, 4) is 5.75 Å². The van der Waals surface area contributed by atoms with Crippen molar-refractivity contribution in [1.29, 1.82) is 0 Å². The molecule has 1 aliphatic rings. The SMILES string of the molecule is Cc1c(F)cccc1OC(=O)N1CCC(CNC(=O)c2ccc(F)cc2)CC1. The second-order valence-corrected chi connectivity index (χ2v) is 6.88. The number of nitrogens with one attached hydrogen (secondary N) is 1. The van der Waals surface area contributed by atoms with Crippen LogP contribution < -0.4 is 10.1 Å². The second-order valence-electron chi connectivity index (χ2n) is 6.88. The summed E-state index contributed by atoms with van der Waals surface area (Å²) in [7, 11) is 0. The fourth-order valence-corrected chi connectivity index (χ4v) is 3.12. The number of carbonyl (C=O) groups excluding carboxylic acids is 2. The third kappa shape index (κ3) is 4.85. The van der Waals surface area contributed by atoms with Gasteiger partial charge in [0, 0.05) is 30.8 Å². The van der Waals surface area contributed by atoms with E-state index in [-0.39, 0.29) is 23.4 Å². The molecule has 0 atom stereocenters. The smallest absolute Gasteiger partial charge is 0.410 e. The van der Waals surface area contributed by atoms with Crippen LogP contribution in [0.15, 0.2) is 42.5 Å². The van der Waals surface area contributed by atoms with Gasteiger partial charge in [0.05, 0.1) is 0 Å². The third-order valence-electron chi connectivity index (χ3n) is 4.95. The zero-order chi connectivity index (χ0) is 20.1. The van der Waals surface area contributed by atoms with E-state index in [4.69, 9.17) is 4.74 Å². The van der Waals surface area contributed by atoms with Crippen LogP contribution in [-0.4, -0.2) is 36.5 Å². The normalized spacial score (nSPS) is 14.6. The average molecular weight is 388 g/mol. The molecule has 2 aromatic carbocycles. The Bertz CT molecular complexity index is 847. The van der Waals surface area contributed by atoms with Gasteiger partial charge in [-0.1, -0.05) is 6.07 Å². The Hall–Kier alpha value is -2.96. The highest BCUT2D eigenvalue weighted by Crippen LogP contribution is 2.22. The fraction of sp³-hybridized carbons (Fsp3) is 0.333. The zero-order valence-electron chi connectivity index (χ0n) is 15.6. The average Bonchev–Trinajstić information content (AvgIpc) is 2.70. The number of ether oxygens (including phenoxy) is 1. The Balaban J connectivity index is 1.45.